The first kappa shape index (κ1) is 121. The van der Waals surface area contributed by atoms with E-state index < -0.39 is 465 Å². The summed E-state index contributed by atoms with van der Waals surface area (Å²) in [6.45, 7) is -7.37. The highest BCUT2D eigenvalue weighted by Gasteiger charge is 2.63. The normalized spacial score (nSPS) is 46.5. The van der Waals surface area contributed by atoms with Gasteiger partial charge in [-0.2, -0.15) is 0 Å². The van der Waals surface area contributed by atoms with E-state index in [9.17, 15) is 182 Å². The summed E-state index contributed by atoms with van der Waals surface area (Å²) in [6, 6.07) is -12.2. The predicted octanol–water partition coefficient (Wildman–Crippen LogP) is -25.0. The SMILES string of the molecule is CC(=O)N[C@H]1[C@H](OC[C@H]2O[C@@H](O[C@H]3[C@H](O)[C@@H](NC(C)=O)[C@H](O[C@H]4[C@@H](O)[C@@H](CO)O[C@@H](O[C@H]5[C@H](O)[C@@H](O)[C@H](OC[C@@H](CO)NC=O)O[C@@H]5CO)[C@@H]4O)O[C@@H]3CO)[C@H](O)[C@@H](O[C@@H]3O[C@H](CO)[C@@H](O)[C@H](O)[C@H]3NC(C)=O)[C@H]2O)O[C@H](CO)[C@@H](O[C@@H]2O[C@H](CO[C@@H]3O[C@H](CO)[C@@H](O[C@@H]4O[C@H](CO[C@@H]5O[C@H](CO)[C@@H](O)[C@H](O)[C@H]5NC(C)=O)[C@H](O)[C@H](O[C@@H]5O[C@H](CO)[C@@H](O)[C@H](O)[C@H]5NC(C)=O)[C@H]4O)[C@H](O)[C@H]3NC(C)=O)[C@H](O)[C@H](O)[C@H]2O)[C@@H]1O. The Labute approximate surface area is 833 Å². The predicted molar refractivity (Wildman–Crippen MR) is 456 cm³/mol. The first-order valence-corrected chi connectivity index (χ1v) is 46.8. The Bertz CT molecular complexity index is 4110. The molecule has 11 heterocycles. The van der Waals surface area contributed by atoms with Crippen LogP contribution in [0.25, 0.3) is 0 Å². The number of aliphatic hydroxyl groups excluding tert-OH is 29. The van der Waals surface area contributed by atoms with Crippen molar-refractivity contribution >= 4 is 41.9 Å². The zero-order valence-electron chi connectivity index (χ0n) is 79.4. The molecule has 7 amide bonds. The third-order valence-corrected chi connectivity index (χ3v) is 26.3. The van der Waals surface area contributed by atoms with Gasteiger partial charge in [0.2, 0.25) is 41.9 Å². The molecule has 0 aliphatic carbocycles. The van der Waals surface area contributed by atoms with E-state index in [1.165, 1.54) is 0 Å². The first-order valence-electron chi connectivity index (χ1n) is 46.8. The molecule has 0 aromatic rings. The molecular formula is C82H137N7O58. The third-order valence-electron chi connectivity index (χ3n) is 26.3. The molecule has 65 nitrogen and oxygen atoms in total. The number of rotatable bonds is 43. The molecule has 36 N–H and O–H groups in total. The van der Waals surface area contributed by atoms with Crippen LogP contribution in [0.5, 0.6) is 0 Å². The van der Waals surface area contributed by atoms with Crippen molar-refractivity contribution in [1.82, 2.24) is 37.2 Å². The molecule has 65 heteroatoms. The zero-order valence-corrected chi connectivity index (χ0v) is 79.4. The number of hydrogen-bond donors (Lipinski definition) is 36. The third kappa shape index (κ3) is 28.4. The van der Waals surface area contributed by atoms with E-state index in [1.54, 1.807) is 0 Å². The topological polar surface area (TPSA) is 993 Å². The van der Waals surface area contributed by atoms with E-state index in [2.05, 4.69) is 37.2 Å². The fraction of sp³-hybridized carbons (Fsp3) is 0.915. The minimum Gasteiger partial charge on any atom is -0.394 e. The van der Waals surface area contributed by atoms with E-state index in [0.717, 1.165) is 41.5 Å². The van der Waals surface area contributed by atoms with Gasteiger partial charge in [0.1, 0.15) is 268 Å². The Morgan fingerprint density at radius 2 is 0.435 bits per heavy atom. The molecule has 147 heavy (non-hydrogen) atoms. The molecule has 0 radical (unpaired) electrons. The molecule has 0 aromatic carbocycles. The molecule has 0 aromatic heterocycles. The van der Waals surface area contributed by atoms with E-state index in [4.69, 9.17) is 104 Å². The Morgan fingerprint density at radius 1 is 0.224 bits per heavy atom. The summed E-state index contributed by atoms with van der Waals surface area (Å²) in [5, 5.41) is 343. The molecule has 11 saturated heterocycles. The second kappa shape index (κ2) is 54.6. The lowest BCUT2D eigenvalue weighted by atomic mass is 9.94. The van der Waals surface area contributed by atoms with Gasteiger partial charge in [-0.3, -0.25) is 33.6 Å². The van der Waals surface area contributed by atoms with E-state index in [1.807, 2.05) is 0 Å². The van der Waals surface area contributed by atoms with Gasteiger partial charge in [-0.15, -0.1) is 0 Å². The Kier molecular flexibility index (Phi) is 45.1. The largest absolute Gasteiger partial charge is 0.394 e. The van der Waals surface area contributed by atoms with Crippen LogP contribution >= 0.6 is 0 Å². The highest BCUT2D eigenvalue weighted by molar-refractivity contribution is 5.75. The van der Waals surface area contributed by atoms with Crippen LogP contribution in [0.15, 0.2) is 0 Å². The van der Waals surface area contributed by atoms with Crippen LogP contribution in [-0.4, -0.2) is 619 Å². The van der Waals surface area contributed by atoms with Gasteiger partial charge in [-0.1, -0.05) is 0 Å². The van der Waals surface area contributed by atoms with Gasteiger partial charge in [0.25, 0.3) is 0 Å². The monoisotopic (exact) mass is 2150 g/mol. The van der Waals surface area contributed by atoms with Crippen molar-refractivity contribution in [3.8, 4) is 0 Å². The number of amides is 7. The summed E-state index contributed by atoms with van der Waals surface area (Å²) >= 11 is 0. The van der Waals surface area contributed by atoms with Crippen LogP contribution in [0.2, 0.25) is 0 Å². The molecule has 11 rings (SSSR count). The van der Waals surface area contributed by atoms with Gasteiger partial charge in [0.15, 0.2) is 69.2 Å². The second-order valence-corrected chi connectivity index (χ2v) is 36.8. The van der Waals surface area contributed by atoms with Gasteiger partial charge < -0.3 is 290 Å². The van der Waals surface area contributed by atoms with Crippen LogP contribution in [-0.2, 0) is 138 Å². The summed E-state index contributed by atoms with van der Waals surface area (Å²) in [6.07, 6.45) is -101. The maximum absolute atomic E-state index is 13.2. The zero-order chi connectivity index (χ0) is 108. The number of nitrogens with one attached hydrogen (secondary N) is 7. The average molecular weight is 2150 g/mol. The lowest BCUT2D eigenvalue weighted by molar-refractivity contribution is -0.387. The smallest absolute Gasteiger partial charge is 0.217 e. The van der Waals surface area contributed by atoms with E-state index >= 15 is 0 Å². The average Bonchev–Trinajstić information content (AvgIpc) is 0.761. The molecule has 0 spiro atoms. The number of carbonyl (C=O) groups is 7. The van der Waals surface area contributed by atoms with Gasteiger partial charge in [-0.05, 0) is 0 Å². The van der Waals surface area contributed by atoms with Crippen molar-refractivity contribution in [1.29, 1.82) is 0 Å². The van der Waals surface area contributed by atoms with Crippen LogP contribution < -0.4 is 37.2 Å². The standard InChI is InChI=1S/C82H137N7O58/c1-21(100)84-39-52(113)45(106)28(8-91)130-72(39)128-18-37-50(111)70(146-75-40(85-22(2)101)53(114)46(107)29(9-92)131-75)63(124)81(139-37)142-66-33(13-96)135-73(43(56(66)117)88-25(5)104)127-17-36-48(109)58(119)60(121)79(138-36)141-65-32(12-95)134-74(42(55(65)116)87-24(4)103)129-19-38-51(112)71(147-76-41(86-23(3)102)54(115)47(108)30(10-93)132-76)64(125)82(140-38)143-67-34(14-97)136-77(44(57(67)118)89-26(6)105)145-69-49(110)31(11-94)133-80(62(69)123)144-68-35(15-98)137-78(61(122)59(68)120)126-16-27(7-90)83-20-99/h20,27-82,90-98,106-125H,7-19H2,1-6H3,(H,83,99)(H,84,100)(H,85,101)(H,86,102)(H,87,103)(H,88,104)(H,89,105)/t27-,28-,29-,30-,31-,32-,33-,34-,35-,36-,37-,38-,39-,40-,41-,42-,43-,44-,45-,46-,47-,48+,49+,50+,51+,52-,53-,54-,55-,56-,57-,58+,59-,60-,61-,62-,63-,64-,65-,66-,67-,68-,69+,70+,71+,72-,73-,74-,75+,76+,77+,78-,79+,80+,81+,82+/m1/s1. The molecular weight excluding hydrogens is 2010 g/mol. The molecule has 0 unspecified atom stereocenters. The maximum Gasteiger partial charge on any atom is 0.217 e. The lowest BCUT2D eigenvalue weighted by Crippen LogP contribution is -2.70. The summed E-state index contributed by atoms with van der Waals surface area (Å²) in [5.74, 6) is -5.49. The quantitative estimate of drug-likeness (QED) is 0.0252. The first-order chi connectivity index (χ1) is 69.7. The lowest BCUT2D eigenvalue weighted by Gasteiger charge is -2.51. The van der Waals surface area contributed by atoms with Crippen molar-refractivity contribution in [2.75, 3.05) is 85.9 Å². The summed E-state index contributed by atoms with van der Waals surface area (Å²) in [5.41, 5.74) is 0. The molecule has 0 bridgehead atoms. The van der Waals surface area contributed by atoms with Crippen LogP contribution in [0.4, 0.5) is 0 Å². The fourth-order valence-corrected chi connectivity index (χ4v) is 18.6. The van der Waals surface area contributed by atoms with Crippen molar-refractivity contribution in [2.45, 2.75) is 385 Å². The Morgan fingerprint density at radius 3 is 0.735 bits per heavy atom. The Hall–Kier alpha value is -5.75. The minimum atomic E-state index is -2.48. The molecule has 848 valence electrons. The number of hydrogen-bond acceptors (Lipinski definition) is 58. The highest BCUT2D eigenvalue weighted by Crippen LogP contribution is 2.42. The van der Waals surface area contributed by atoms with Crippen molar-refractivity contribution in [3.05, 3.63) is 0 Å². The van der Waals surface area contributed by atoms with Gasteiger partial charge in [0, 0.05) is 41.5 Å². The molecule has 11 fully saturated rings. The maximum atomic E-state index is 13.2. The molecule has 56 atom stereocenters. The summed E-state index contributed by atoms with van der Waals surface area (Å²) in [4.78, 5) is 88.1. The summed E-state index contributed by atoms with van der Waals surface area (Å²) in [7, 11) is 0. The minimum absolute atomic E-state index is 0.239. The number of aliphatic hydroxyl groups is 29. The fourth-order valence-electron chi connectivity index (χ4n) is 18.6. The Balaban J connectivity index is 0.804. The van der Waals surface area contributed by atoms with E-state index in [0.29, 0.717) is 0 Å². The van der Waals surface area contributed by atoms with E-state index in [-0.39, 0.29) is 6.41 Å². The van der Waals surface area contributed by atoms with Gasteiger partial charge in [-0.25, -0.2) is 0 Å². The van der Waals surface area contributed by atoms with Gasteiger partial charge in [0.05, 0.1) is 91.9 Å². The molecule has 11 aliphatic heterocycles. The molecule has 11 aliphatic rings. The second-order valence-electron chi connectivity index (χ2n) is 36.8. The van der Waals surface area contributed by atoms with Crippen molar-refractivity contribution in [3.63, 3.8) is 0 Å². The van der Waals surface area contributed by atoms with Crippen LogP contribution in [0.1, 0.15) is 41.5 Å². The van der Waals surface area contributed by atoms with Crippen LogP contribution in [0.3, 0.4) is 0 Å². The summed E-state index contributed by atoms with van der Waals surface area (Å²) < 4.78 is 131. The van der Waals surface area contributed by atoms with Crippen molar-refractivity contribution in [2.24, 2.45) is 0 Å². The van der Waals surface area contributed by atoms with Crippen LogP contribution in [0, 0.1) is 0 Å². The van der Waals surface area contributed by atoms with Crippen molar-refractivity contribution < 1.29 is 286 Å². The highest BCUT2D eigenvalue weighted by atomic mass is 16.8. The number of ether oxygens (including phenoxy) is 22. The molecule has 0 saturated carbocycles. The van der Waals surface area contributed by atoms with Gasteiger partial charge >= 0.3 is 0 Å². The number of carbonyl (C=O) groups excluding carboxylic acids is 7.